The van der Waals surface area contributed by atoms with Gasteiger partial charge in [-0.05, 0) is 75.1 Å². The summed E-state index contributed by atoms with van der Waals surface area (Å²) in [6, 6.07) is 7.72. The lowest BCUT2D eigenvalue weighted by molar-refractivity contribution is -0.120. The van der Waals surface area contributed by atoms with Gasteiger partial charge in [0.2, 0.25) is 5.91 Å². The minimum absolute atomic E-state index is 0.0443. The molecule has 7 nitrogen and oxygen atoms in total. The highest BCUT2D eigenvalue weighted by Crippen LogP contribution is 2.52. The number of carbonyl (C=O) groups is 1. The molecule has 4 rings (SSSR count). The third-order valence-corrected chi connectivity index (χ3v) is 7.39. The molecule has 1 amide bonds. The Labute approximate surface area is 231 Å². The van der Waals surface area contributed by atoms with Crippen molar-refractivity contribution in [1.82, 2.24) is 15.6 Å². The van der Waals surface area contributed by atoms with Crippen LogP contribution in [0.25, 0.3) is 0 Å². The Morgan fingerprint density at radius 2 is 2.03 bits per heavy atom. The van der Waals surface area contributed by atoms with Crippen LogP contribution in [0, 0.1) is 11.2 Å². The molecule has 3 atom stereocenters. The molecule has 214 valence electrons. The second-order valence-corrected chi connectivity index (χ2v) is 12.8. The fourth-order valence-electron chi connectivity index (χ4n) is 5.55. The summed E-state index contributed by atoms with van der Waals surface area (Å²) < 4.78 is 26.6. The fourth-order valence-corrected chi connectivity index (χ4v) is 5.55. The lowest BCUT2D eigenvalue weighted by atomic mass is 9.73. The largest absolute Gasteiger partial charge is 0.481 e. The van der Waals surface area contributed by atoms with E-state index in [0.29, 0.717) is 23.6 Å². The number of rotatable bonds is 10. The number of benzene rings is 1. The van der Waals surface area contributed by atoms with Crippen LogP contribution in [-0.4, -0.2) is 46.4 Å². The van der Waals surface area contributed by atoms with Gasteiger partial charge in [-0.3, -0.25) is 4.79 Å². The van der Waals surface area contributed by atoms with Crippen molar-refractivity contribution < 1.29 is 23.8 Å². The van der Waals surface area contributed by atoms with Crippen molar-refractivity contribution in [3.8, 4) is 11.6 Å². The number of nitrogens with zero attached hydrogens (tertiary/aromatic N) is 1. The number of hydrogen-bond donors (Lipinski definition) is 3. The number of ether oxygens (including phenoxy) is 2. The highest BCUT2D eigenvalue weighted by atomic mass is 19.1. The summed E-state index contributed by atoms with van der Waals surface area (Å²) in [5.41, 5.74) is 2.43. The molecule has 1 spiro atoms. The zero-order valence-corrected chi connectivity index (χ0v) is 24.1. The first-order chi connectivity index (χ1) is 18.3. The first-order valence-corrected chi connectivity index (χ1v) is 14.1. The Balaban J connectivity index is 1.60. The average molecular weight is 542 g/mol. The summed E-state index contributed by atoms with van der Waals surface area (Å²) in [4.78, 5) is 16.8. The lowest BCUT2D eigenvalue weighted by Gasteiger charge is -2.48. The summed E-state index contributed by atoms with van der Waals surface area (Å²) in [6.45, 7) is 12.2. The minimum atomic E-state index is -0.886. The van der Waals surface area contributed by atoms with E-state index < -0.39 is 12.1 Å². The molecule has 2 aromatic rings. The van der Waals surface area contributed by atoms with Gasteiger partial charge in [-0.1, -0.05) is 32.9 Å². The van der Waals surface area contributed by atoms with Crippen LogP contribution in [-0.2, 0) is 17.6 Å². The van der Waals surface area contributed by atoms with Gasteiger partial charge in [0.25, 0.3) is 5.88 Å². The van der Waals surface area contributed by atoms with Crippen molar-refractivity contribution in [3.05, 3.63) is 53.0 Å². The topological polar surface area (TPSA) is 92.7 Å². The molecule has 2 aliphatic rings. The van der Waals surface area contributed by atoms with Crippen molar-refractivity contribution >= 4 is 5.91 Å². The van der Waals surface area contributed by atoms with Gasteiger partial charge < -0.3 is 25.2 Å². The summed E-state index contributed by atoms with van der Waals surface area (Å²) in [7, 11) is 0. The second-order valence-electron chi connectivity index (χ2n) is 12.8. The number of carbonyl (C=O) groups excluding carboxylic acids is 1. The molecule has 39 heavy (non-hydrogen) atoms. The van der Waals surface area contributed by atoms with E-state index in [9.17, 15) is 14.3 Å². The maximum absolute atomic E-state index is 13.8. The summed E-state index contributed by atoms with van der Waals surface area (Å²) in [5.74, 6) is 0.638. The molecule has 1 aromatic heterocycles. The monoisotopic (exact) mass is 541 g/mol. The van der Waals surface area contributed by atoms with Crippen LogP contribution >= 0.6 is 0 Å². The summed E-state index contributed by atoms with van der Waals surface area (Å²) in [5, 5.41) is 17.6. The van der Waals surface area contributed by atoms with Gasteiger partial charge in [-0.15, -0.1) is 0 Å². The second kappa shape index (κ2) is 11.8. The standard InChI is InChI=1S/C31H44FN3O4/c1-19(2)38-29-28-24(15-23(35-29)16-30(4,5)6)26(17-31(39-28)11-8-12-31)33-18-27(37)25(34-20(3)36)14-21-9-7-10-22(32)13-21/h7,9-10,13,15,19,25-27,33,37H,8,11-12,14,16-18H2,1-6H3,(H,34,36)/t25-,26-,27+/m0/s1. The summed E-state index contributed by atoms with van der Waals surface area (Å²) >= 11 is 0. The highest BCUT2D eigenvalue weighted by molar-refractivity contribution is 5.73. The molecule has 2 heterocycles. The van der Waals surface area contributed by atoms with Crippen molar-refractivity contribution in [1.29, 1.82) is 0 Å². The molecule has 1 aliphatic heterocycles. The molecule has 0 unspecified atom stereocenters. The fraction of sp³-hybridized carbons (Fsp3) is 0.613. The van der Waals surface area contributed by atoms with Gasteiger partial charge in [-0.2, -0.15) is 0 Å². The predicted octanol–water partition coefficient (Wildman–Crippen LogP) is 5.04. The molecular formula is C31H44FN3O4. The van der Waals surface area contributed by atoms with Gasteiger partial charge in [0.05, 0.1) is 18.2 Å². The zero-order valence-electron chi connectivity index (χ0n) is 24.1. The maximum atomic E-state index is 13.8. The molecule has 0 saturated heterocycles. The van der Waals surface area contributed by atoms with Crippen LogP contribution in [0.1, 0.15) is 90.1 Å². The molecule has 0 radical (unpaired) electrons. The molecule has 1 aliphatic carbocycles. The van der Waals surface area contributed by atoms with Crippen LogP contribution in [0.5, 0.6) is 11.6 Å². The number of pyridine rings is 1. The Hall–Kier alpha value is -2.71. The van der Waals surface area contributed by atoms with E-state index in [4.69, 9.17) is 14.5 Å². The number of halogens is 1. The number of amides is 1. The number of hydrogen-bond acceptors (Lipinski definition) is 6. The summed E-state index contributed by atoms with van der Waals surface area (Å²) in [6.07, 6.45) is 3.99. The van der Waals surface area contributed by atoms with Crippen molar-refractivity contribution in [2.24, 2.45) is 5.41 Å². The lowest BCUT2D eigenvalue weighted by Crippen LogP contribution is -2.52. The van der Waals surface area contributed by atoms with Crippen LogP contribution < -0.4 is 20.1 Å². The van der Waals surface area contributed by atoms with Gasteiger partial charge in [-0.25, -0.2) is 9.37 Å². The van der Waals surface area contributed by atoms with E-state index in [2.05, 4.69) is 37.5 Å². The third kappa shape index (κ3) is 7.70. The Morgan fingerprint density at radius 3 is 2.62 bits per heavy atom. The highest BCUT2D eigenvalue weighted by Gasteiger charge is 2.47. The Bertz CT molecular complexity index is 1160. The first kappa shape index (κ1) is 29.3. The van der Waals surface area contributed by atoms with Crippen LogP contribution in [0.15, 0.2) is 30.3 Å². The number of aromatic nitrogens is 1. The Kier molecular flexibility index (Phi) is 8.86. The quantitative estimate of drug-likeness (QED) is 0.390. The number of aliphatic hydroxyl groups excluding tert-OH is 1. The maximum Gasteiger partial charge on any atom is 0.257 e. The van der Waals surface area contributed by atoms with Gasteiger partial charge >= 0.3 is 0 Å². The first-order valence-electron chi connectivity index (χ1n) is 14.1. The Morgan fingerprint density at radius 1 is 1.28 bits per heavy atom. The smallest absolute Gasteiger partial charge is 0.257 e. The van der Waals surface area contributed by atoms with Gasteiger partial charge in [0, 0.05) is 37.2 Å². The number of aliphatic hydroxyl groups is 1. The van der Waals surface area contributed by atoms with Crippen molar-refractivity contribution in [2.75, 3.05) is 6.54 Å². The van der Waals surface area contributed by atoms with Crippen LogP contribution in [0.4, 0.5) is 4.39 Å². The van der Waals surface area contributed by atoms with E-state index in [0.717, 1.165) is 43.4 Å². The van der Waals surface area contributed by atoms with E-state index in [1.807, 2.05) is 13.8 Å². The molecule has 0 bridgehead atoms. The number of fused-ring (bicyclic) bond motifs is 1. The van der Waals surface area contributed by atoms with Gasteiger partial charge in [0.1, 0.15) is 11.4 Å². The molecule has 3 N–H and O–H groups in total. The predicted molar refractivity (Wildman–Crippen MR) is 149 cm³/mol. The molecule has 1 aromatic carbocycles. The van der Waals surface area contributed by atoms with Crippen LogP contribution in [0.2, 0.25) is 0 Å². The molecule has 1 saturated carbocycles. The van der Waals surface area contributed by atoms with E-state index in [1.165, 1.54) is 19.1 Å². The van der Waals surface area contributed by atoms with Gasteiger partial charge in [0.15, 0.2) is 5.75 Å². The normalized spacial score (nSPS) is 19.6. The molecule has 1 fully saturated rings. The third-order valence-electron chi connectivity index (χ3n) is 7.39. The van der Waals surface area contributed by atoms with Crippen molar-refractivity contribution in [2.45, 2.75) is 110 Å². The molecular weight excluding hydrogens is 497 g/mol. The SMILES string of the molecule is CC(=O)N[C@@H](Cc1cccc(F)c1)[C@H](O)CN[C@H]1CC2(CCC2)Oc2c1cc(CC(C)(C)C)nc2OC(C)C. The zero-order chi connectivity index (χ0) is 28.4. The van der Waals surface area contributed by atoms with E-state index in [-0.39, 0.29) is 41.4 Å². The van der Waals surface area contributed by atoms with E-state index >= 15 is 0 Å². The molecule has 8 heteroatoms. The minimum Gasteiger partial charge on any atom is -0.481 e. The number of nitrogens with one attached hydrogen (secondary N) is 2. The van der Waals surface area contributed by atoms with Crippen molar-refractivity contribution in [3.63, 3.8) is 0 Å². The average Bonchev–Trinajstić information content (AvgIpc) is 2.79. The van der Waals surface area contributed by atoms with Crippen LogP contribution in [0.3, 0.4) is 0 Å². The van der Waals surface area contributed by atoms with E-state index in [1.54, 1.807) is 12.1 Å².